The van der Waals surface area contributed by atoms with E-state index in [2.05, 4.69) is 49.7 Å². The van der Waals surface area contributed by atoms with Crippen LogP contribution in [0.3, 0.4) is 0 Å². The van der Waals surface area contributed by atoms with Crippen LogP contribution in [0.1, 0.15) is 32.3 Å². The molecule has 0 unspecified atom stereocenters. The SMILES string of the molecule is CCC(CC)C(=O)NCCc1ccc(SC)cc1. The number of hydrogen-bond acceptors (Lipinski definition) is 2. The minimum atomic E-state index is 0.170. The Labute approximate surface area is 115 Å². The molecule has 0 aliphatic rings. The van der Waals surface area contributed by atoms with Gasteiger partial charge in [-0.3, -0.25) is 4.79 Å². The van der Waals surface area contributed by atoms with E-state index in [0.29, 0.717) is 0 Å². The van der Waals surface area contributed by atoms with Crippen molar-refractivity contribution in [2.45, 2.75) is 38.0 Å². The van der Waals surface area contributed by atoms with Crippen LogP contribution in [-0.4, -0.2) is 18.7 Å². The number of amides is 1. The van der Waals surface area contributed by atoms with Gasteiger partial charge < -0.3 is 5.32 Å². The number of thioether (sulfide) groups is 1. The molecule has 0 atom stereocenters. The molecule has 0 radical (unpaired) electrons. The zero-order valence-electron chi connectivity index (χ0n) is 11.5. The second-order valence-electron chi connectivity index (χ2n) is 4.40. The zero-order valence-corrected chi connectivity index (χ0v) is 12.3. The molecule has 1 rings (SSSR count). The summed E-state index contributed by atoms with van der Waals surface area (Å²) in [4.78, 5) is 13.1. The maximum absolute atomic E-state index is 11.8. The fourth-order valence-electron chi connectivity index (χ4n) is 1.93. The molecule has 0 fully saturated rings. The van der Waals surface area contributed by atoms with Gasteiger partial charge in [0.2, 0.25) is 5.91 Å². The predicted molar refractivity (Wildman–Crippen MR) is 79.0 cm³/mol. The van der Waals surface area contributed by atoms with Gasteiger partial charge in [0.1, 0.15) is 0 Å². The van der Waals surface area contributed by atoms with E-state index in [-0.39, 0.29) is 11.8 Å². The number of carbonyl (C=O) groups excluding carboxylic acids is 1. The van der Waals surface area contributed by atoms with Gasteiger partial charge in [-0.1, -0.05) is 26.0 Å². The summed E-state index contributed by atoms with van der Waals surface area (Å²) >= 11 is 1.75. The number of carbonyl (C=O) groups is 1. The summed E-state index contributed by atoms with van der Waals surface area (Å²) in [7, 11) is 0. The molecule has 0 aromatic heterocycles. The second-order valence-corrected chi connectivity index (χ2v) is 5.28. The lowest BCUT2D eigenvalue weighted by atomic mass is 10.0. The van der Waals surface area contributed by atoms with Gasteiger partial charge in [0.25, 0.3) is 0 Å². The summed E-state index contributed by atoms with van der Waals surface area (Å²) in [6.07, 6.45) is 4.82. The minimum absolute atomic E-state index is 0.170. The Bertz CT molecular complexity index is 357. The maximum Gasteiger partial charge on any atom is 0.223 e. The molecule has 0 aliphatic carbocycles. The highest BCUT2D eigenvalue weighted by Gasteiger charge is 2.12. The minimum Gasteiger partial charge on any atom is -0.356 e. The molecule has 18 heavy (non-hydrogen) atoms. The smallest absolute Gasteiger partial charge is 0.223 e. The lowest BCUT2D eigenvalue weighted by Gasteiger charge is -2.12. The number of nitrogens with one attached hydrogen (secondary N) is 1. The first-order valence-electron chi connectivity index (χ1n) is 6.61. The van der Waals surface area contributed by atoms with Crippen LogP contribution in [0.25, 0.3) is 0 Å². The van der Waals surface area contributed by atoms with Gasteiger partial charge in [-0.2, -0.15) is 0 Å². The summed E-state index contributed by atoms with van der Waals surface area (Å²) in [6.45, 7) is 4.86. The molecule has 1 aromatic carbocycles. The van der Waals surface area contributed by atoms with Crippen LogP contribution in [-0.2, 0) is 11.2 Å². The van der Waals surface area contributed by atoms with Crippen molar-refractivity contribution < 1.29 is 4.79 Å². The molecule has 0 saturated heterocycles. The van der Waals surface area contributed by atoms with Crippen LogP contribution >= 0.6 is 11.8 Å². The molecule has 0 aliphatic heterocycles. The monoisotopic (exact) mass is 265 g/mol. The van der Waals surface area contributed by atoms with E-state index in [9.17, 15) is 4.79 Å². The molecular weight excluding hydrogens is 242 g/mol. The summed E-state index contributed by atoms with van der Waals surface area (Å²) in [5.41, 5.74) is 1.28. The molecule has 0 bridgehead atoms. The fourth-order valence-corrected chi connectivity index (χ4v) is 2.33. The van der Waals surface area contributed by atoms with Crippen LogP contribution in [0, 0.1) is 5.92 Å². The van der Waals surface area contributed by atoms with Crippen molar-refractivity contribution in [2.75, 3.05) is 12.8 Å². The first-order chi connectivity index (χ1) is 8.71. The molecule has 3 heteroatoms. The van der Waals surface area contributed by atoms with Crippen molar-refractivity contribution in [1.82, 2.24) is 5.32 Å². The maximum atomic E-state index is 11.8. The van der Waals surface area contributed by atoms with Crippen molar-refractivity contribution in [3.63, 3.8) is 0 Å². The van der Waals surface area contributed by atoms with Crippen LogP contribution < -0.4 is 5.32 Å². The summed E-state index contributed by atoms with van der Waals surface area (Å²) in [5.74, 6) is 0.365. The highest BCUT2D eigenvalue weighted by molar-refractivity contribution is 7.98. The van der Waals surface area contributed by atoms with Gasteiger partial charge in [0.15, 0.2) is 0 Å². The first-order valence-corrected chi connectivity index (χ1v) is 7.84. The number of hydrogen-bond donors (Lipinski definition) is 1. The Balaban J connectivity index is 2.34. The molecule has 2 nitrogen and oxygen atoms in total. The van der Waals surface area contributed by atoms with E-state index in [1.807, 2.05) is 0 Å². The largest absolute Gasteiger partial charge is 0.356 e. The fraction of sp³-hybridized carbons (Fsp3) is 0.533. The summed E-state index contributed by atoms with van der Waals surface area (Å²) in [5, 5.41) is 3.02. The molecule has 0 heterocycles. The van der Waals surface area contributed by atoms with Crippen LogP contribution in [0.15, 0.2) is 29.2 Å². The number of benzene rings is 1. The average molecular weight is 265 g/mol. The quantitative estimate of drug-likeness (QED) is 0.764. The third-order valence-corrected chi connectivity index (χ3v) is 3.97. The molecule has 1 N–H and O–H groups in total. The van der Waals surface area contributed by atoms with E-state index in [0.717, 1.165) is 25.8 Å². The third-order valence-electron chi connectivity index (χ3n) is 3.23. The lowest BCUT2D eigenvalue weighted by molar-refractivity contribution is -0.125. The second kappa shape index (κ2) is 8.20. The van der Waals surface area contributed by atoms with E-state index in [4.69, 9.17) is 0 Å². The summed E-state index contributed by atoms with van der Waals surface area (Å²) in [6, 6.07) is 8.52. The molecule has 1 aromatic rings. The Kier molecular flexibility index (Phi) is 6.88. The number of rotatable bonds is 7. The van der Waals surface area contributed by atoms with Crippen molar-refractivity contribution in [3.05, 3.63) is 29.8 Å². The average Bonchev–Trinajstić information content (AvgIpc) is 2.41. The van der Waals surface area contributed by atoms with Gasteiger partial charge in [0.05, 0.1) is 0 Å². The van der Waals surface area contributed by atoms with Crippen LogP contribution in [0.5, 0.6) is 0 Å². The van der Waals surface area contributed by atoms with Gasteiger partial charge in [-0.15, -0.1) is 11.8 Å². The first kappa shape index (κ1) is 15.1. The normalized spacial score (nSPS) is 10.7. The van der Waals surface area contributed by atoms with Crippen molar-refractivity contribution in [2.24, 2.45) is 5.92 Å². The highest BCUT2D eigenvalue weighted by Crippen LogP contribution is 2.15. The van der Waals surface area contributed by atoms with Gasteiger partial charge in [-0.05, 0) is 43.2 Å². The van der Waals surface area contributed by atoms with E-state index in [1.165, 1.54) is 10.5 Å². The topological polar surface area (TPSA) is 29.1 Å². The molecular formula is C15H23NOS. The molecule has 1 amide bonds. The molecule has 0 spiro atoms. The Morgan fingerprint density at radius 3 is 2.33 bits per heavy atom. The van der Waals surface area contributed by atoms with Crippen LogP contribution in [0.4, 0.5) is 0 Å². The zero-order chi connectivity index (χ0) is 13.4. The van der Waals surface area contributed by atoms with Crippen molar-refractivity contribution in [1.29, 1.82) is 0 Å². The van der Waals surface area contributed by atoms with E-state index >= 15 is 0 Å². The van der Waals surface area contributed by atoms with Crippen molar-refractivity contribution >= 4 is 17.7 Å². The predicted octanol–water partition coefficient (Wildman–Crippen LogP) is 3.50. The van der Waals surface area contributed by atoms with Gasteiger partial charge in [-0.25, -0.2) is 0 Å². The van der Waals surface area contributed by atoms with Gasteiger partial charge >= 0.3 is 0 Å². The summed E-state index contributed by atoms with van der Waals surface area (Å²) < 4.78 is 0. The van der Waals surface area contributed by atoms with Gasteiger partial charge in [0, 0.05) is 17.4 Å². The Morgan fingerprint density at radius 1 is 1.22 bits per heavy atom. The lowest BCUT2D eigenvalue weighted by Crippen LogP contribution is -2.31. The third kappa shape index (κ3) is 4.73. The van der Waals surface area contributed by atoms with E-state index < -0.39 is 0 Å². The van der Waals surface area contributed by atoms with Crippen LogP contribution in [0.2, 0.25) is 0 Å². The highest BCUT2D eigenvalue weighted by atomic mass is 32.2. The van der Waals surface area contributed by atoms with E-state index in [1.54, 1.807) is 11.8 Å². The Morgan fingerprint density at radius 2 is 1.83 bits per heavy atom. The molecule has 0 saturated carbocycles. The Hall–Kier alpha value is -0.960. The standard InChI is InChI=1S/C15H23NOS/c1-4-13(5-2)15(17)16-11-10-12-6-8-14(18-3)9-7-12/h6-9,13H,4-5,10-11H2,1-3H3,(H,16,17). The molecule has 100 valence electrons. The van der Waals surface area contributed by atoms with Crippen molar-refractivity contribution in [3.8, 4) is 0 Å².